The van der Waals surface area contributed by atoms with Gasteiger partial charge in [-0.1, -0.05) is 60.7 Å². The fourth-order valence-corrected chi connectivity index (χ4v) is 6.07. The summed E-state index contributed by atoms with van der Waals surface area (Å²) in [7, 11) is 0. The highest BCUT2D eigenvalue weighted by Gasteiger charge is 2.65. The molecular formula is C24H26FNO2. The predicted octanol–water partition coefficient (Wildman–Crippen LogP) is 4.56. The van der Waals surface area contributed by atoms with Crippen molar-refractivity contribution in [1.29, 1.82) is 0 Å². The fourth-order valence-electron chi connectivity index (χ4n) is 6.07. The van der Waals surface area contributed by atoms with Gasteiger partial charge in [0.15, 0.2) is 6.10 Å². The van der Waals surface area contributed by atoms with E-state index in [1.165, 1.54) is 0 Å². The normalized spacial score (nSPS) is 35.9. The van der Waals surface area contributed by atoms with Gasteiger partial charge in [-0.2, -0.15) is 0 Å². The van der Waals surface area contributed by atoms with Gasteiger partial charge in [0.25, 0.3) is 0 Å². The highest BCUT2D eigenvalue weighted by atomic mass is 19.1. The summed E-state index contributed by atoms with van der Waals surface area (Å²) in [6.45, 7) is 0. The fraction of sp³-hybridized carbons (Fsp3) is 0.458. The van der Waals surface area contributed by atoms with E-state index in [4.69, 9.17) is 10.5 Å². The molecule has 4 bridgehead atoms. The molecule has 4 heteroatoms. The summed E-state index contributed by atoms with van der Waals surface area (Å²) >= 11 is 0. The van der Waals surface area contributed by atoms with Crippen molar-refractivity contribution in [2.45, 2.75) is 49.4 Å². The zero-order valence-corrected chi connectivity index (χ0v) is 15.9. The molecule has 2 aromatic carbocycles. The van der Waals surface area contributed by atoms with Crippen LogP contribution in [-0.4, -0.2) is 17.2 Å². The number of hydrogen-bond acceptors (Lipinski definition) is 3. The standard InChI is InChI=1S/C24H26FNO2/c25-23-13-16-11-19(14-23)24(26,20(12-16)15-23)22(27)28-21(17-7-3-1-4-8-17)18-9-5-2-6-10-18/h1-10,16,19-21H,11-15,26H2/t16?,19-,20-,23?,24?/m0/s1. The summed E-state index contributed by atoms with van der Waals surface area (Å²) < 4.78 is 21.2. The van der Waals surface area contributed by atoms with Gasteiger partial charge in [0.2, 0.25) is 0 Å². The van der Waals surface area contributed by atoms with Crippen LogP contribution in [0.5, 0.6) is 0 Å². The largest absolute Gasteiger partial charge is 0.451 e. The molecule has 0 amide bonds. The minimum atomic E-state index is -1.13. The second-order valence-electron chi connectivity index (χ2n) is 9.03. The summed E-state index contributed by atoms with van der Waals surface area (Å²) in [6, 6.07) is 19.5. The Kier molecular flexibility index (Phi) is 4.09. The van der Waals surface area contributed by atoms with E-state index in [0.717, 1.165) is 24.0 Å². The van der Waals surface area contributed by atoms with Crippen LogP contribution in [0.1, 0.15) is 49.3 Å². The van der Waals surface area contributed by atoms with Gasteiger partial charge in [-0.3, -0.25) is 4.79 Å². The van der Waals surface area contributed by atoms with Crippen molar-refractivity contribution in [1.82, 2.24) is 0 Å². The molecule has 0 aliphatic heterocycles. The van der Waals surface area contributed by atoms with Gasteiger partial charge in [-0.25, -0.2) is 4.39 Å². The third kappa shape index (κ3) is 2.77. The topological polar surface area (TPSA) is 52.3 Å². The number of benzene rings is 2. The Balaban J connectivity index is 1.46. The molecule has 0 aromatic heterocycles. The van der Waals surface area contributed by atoms with Crippen LogP contribution in [0.3, 0.4) is 0 Å². The summed E-state index contributed by atoms with van der Waals surface area (Å²) in [5.74, 6) is -0.250. The molecule has 0 radical (unpaired) electrons. The average Bonchev–Trinajstić information content (AvgIpc) is 2.70. The summed E-state index contributed by atoms with van der Waals surface area (Å²) in [4.78, 5) is 13.4. The monoisotopic (exact) mass is 379 g/mol. The summed E-state index contributed by atoms with van der Waals surface area (Å²) in [5, 5.41) is 0. The van der Waals surface area contributed by atoms with Crippen LogP contribution in [0.25, 0.3) is 0 Å². The first-order valence-corrected chi connectivity index (χ1v) is 10.3. The molecule has 0 saturated heterocycles. The van der Waals surface area contributed by atoms with E-state index in [1.54, 1.807) is 0 Å². The van der Waals surface area contributed by atoms with Crippen molar-refractivity contribution < 1.29 is 13.9 Å². The van der Waals surface area contributed by atoms with Crippen LogP contribution in [-0.2, 0) is 9.53 Å². The minimum Gasteiger partial charge on any atom is -0.451 e. The molecule has 146 valence electrons. The first kappa shape index (κ1) is 17.9. The van der Waals surface area contributed by atoms with Crippen molar-refractivity contribution in [2.75, 3.05) is 0 Å². The second kappa shape index (κ2) is 6.41. The van der Waals surface area contributed by atoms with E-state index in [1.807, 2.05) is 60.7 Å². The number of hydrogen-bond donors (Lipinski definition) is 1. The molecule has 4 aliphatic carbocycles. The molecule has 28 heavy (non-hydrogen) atoms. The third-order valence-electron chi connectivity index (χ3n) is 7.25. The lowest BCUT2D eigenvalue weighted by Crippen LogP contribution is -2.70. The third-order valence-corrected chi connectivity index (χ3v) is 7.25. The van der Waals surface area contributed by atoms with Gasteiger partial charge in [0.05, 0.1) is 0 Å². The Morgan fingerprint density at radius 1 is 0.929 bits per heavy atom. The van der Waals surface area contributed by atoms with Gasteiger partial charge < -0.3 is 10.5 Å². The number of ether oxygens (including phenoxy) is 1. The molecule has 2 N–H and O–H groups in total. The van der Waals surface area contributed by atoms with Crippen molar-refractivity contribution in [2.24, 2.45) is 23.5 Å². The molecule has 4 saturated carbocycles. The Labute approximate surface area is 165 Å². The Morgan fingerprint density at radius 2 is 1.43 bits per heavy atom. The van der Waals surface area contributed by atoms with Crippen LogP contribution in [0.15, 0.2) is 60.7 Å². The lowest BCUT2D eigenvalue weighted by atomic mass is 9.48. The van der Waals surface area contributed by atoms with Gasteiger partial charge in [-0.15, -0.1) is 0 Å². The number of alkyl halides is 1. The van der Waals surface area contributed by atoms with E-state index >= 15 is 4.39 Å². The first-order chi connectivity index (χ1) is 13.5. The Bertz CT molecular complexity index is 813. The van der Waals surface area contributed by atoms with E-state index in [-0.39, 0.29) is 17.8 Å². The maximum Gasteiger partial charge on any atom is 0.327 e. The minimum absolute atomic E-state index is 0.122. The van der Waals surface area contributed by atoms with Crippen LogP contribution >= 0.6 is 0 Å². The molecule has 2 aromatic rings. The number of nitrogens with two attached hydrogens (primary N) is 1. The van der Waals surface area contributed by atoms with E-state index < -0.39 is 17.3 Å². The number of rotatable bonds is 4. The van der Waals surface area contributed by atoms with Crippen LogP contribution in [0, 0.1) is 17.8 Å². The van der Waals surface area contributed by atoms with Gasteiger partial charge in [0, 0.05) is 0 Å². The van der Waals surface area contributed by atoms with E-state index in [0.29, 0.717) is 25.2 Å². The maximum atomic E-state index is 15.1. The van der Waals surface area contributed by atoms with Crippen molar-refractivity contribution in [3.8, 4) is 0 Å². The molecule has 0 spiro atoms. The number of halogens is 1. The molecule has 6 rings (SSSR count). The first-order valence-electron chi connectivity index (χ1n) is 10.3. The summed E-state index contributed by atoms with van der Waals surface area (Å²) in [5.41, 5.74) is 6.38. The van der Waals surface area contributed by atoms with Crippen LogP contribution in [0.4, 0.5) is 4.39 Å². The van der Waals surface area contributed by atoms with Crippen LogP contribution in [0.2, 0.25) is 0 Å². The number of esters is 1. The van der Waals surface area contributed by atoms with Crippen molar-refractivity contribution in [3.05, 3.63) is 71.8 Å². The second-order valence-corrected chi connectivity index (χ2v) is 9.03. The van der Waals surface area contributed by atoms with Crippen molar-refractivity contribution >= 4 is 5.97 Å². The van der Waals surface area contributed by atoms with Crippen LogP contribution < -0.4 is 5.73 Å². The highest BCUT2D eigenvalue weighted by molar-refractivity contribution is 5.82. The van der Waals surface area contributed by atoms with Gasteiger partial charge in [-0.05, 0) is 61.0 Å². The molecule has 4 aliphatic rings. The Hall–Kier alpha value is -2.20. The highest BCUT2D eigenvalue weighted by Crippen LogP contribution is 2.61. The van der Waals surface area contributed by atoms with Gasteiger partial charge >= 0.3 is 5.97 Å². The molecule has 0 heterocycles. The Morgan fingerprint density at radius 3 is 1.89 bits per heavy atom. The lowest BCUT2D eigenvalue weighted by molar-refractivity contribution is -0.179. The van der Waals surface area contributed by atoms with Crippen molar-refractivity contribution in [3.63, 3.8) is 0 Å². The molecule has 3 nitrogen and oxygen atoms in total. The average molecular weight is 379 g/mol. The number of carbonyl (C=O) groups excluding carboxylic acids is 1. The lowest BCUT2D eigenvalue weighted by Gasteiger charge is -2.60. The zero-order chi connectivity index (χ0) is 19.4. The summed E-state index contributed by atoms with van der Waals surface area (Å²) in [6.07, 6.45) is 2.61. The van der Waals surface area contributed by atoms with E-state index in [2.05, 4.69) is 0 Å². The quantitative estimate of drug-likeness (QED) is 0.792. The predicted molar refractivity (Wildman–Crippen MR) is 105 cm³/mol. The zero-order valence-electron chi connectivity index (χ0n) is 15.9. The molecule has 0 unspecified atom stereocenters. The molecule has 2 atom stereocenters. The molecular weight excluding hydrogens is 353 g/mol. The molecule has 4 fully saturated rings. The maximum absolute atomic E-state index is 15.1. The number of carbonyl (C=O) groups is 1. The van der Waals surface area contributed by atoms with Gasteiger partial charge in [0.1, 0.15) is 11.2 Å². The van der Waals surface area contributed by atoms with E-state index in [9.17, 15) is 4.79 Å². The SMILES string of the molecule is NC1(C(=O)OC(c2ccccc2)c2ccccc2)[C@H]2CC3C[C@H]1CC(F)(C3)C2. The smallest absolute Gasteiger partial charge is 0.327 e.